The Bertz CT molecular complexity index is 351. The molecule has 92 valence electrons. The van der Waals surface area contributed by atoms with Gasteiger partial charge in [0.1, 0.15) is 0 Å². The van der Waals surface area contributed by atoms with Crippen molar-refractivity contribution >= 4 is 0 Å². The van der Waals surface area contributed by atoms with Crippen LogP contribution < -0.4 is 0 Å². The van der Waals surface area contributed by atoms with Crippen LogP contribution in [0.4, 0.5) is 0 Å². The third-order valence-electron chi connectivity index (χ3n) is 2.84. The van der Waals surface area contributed by atoms with Gasteiger partial charge in [-0.3, -0.25) is 0 Å². The van der Waals surface area contributed by atoms with Gasteiger partial charge in [0, 0.05) is 6.61 Å². The molecule has 1 aromatic carbocycles. The largest absolute Gasteiger partial charge is 0.396 e. The van der Waals surface area contributed by atoms with Gasteiger partial charge in [0.15, 0.2) is 0 Å². The molecule has 1 rings (SSSR count). The Morgan fingerprint density at radius 2 is 2.06 bits per heavy atom. The molecule has 0 aromatic heterocycles. The number of aliphatic hydroxyl groups excluding tert-OH is 1. The number of benzene rings is 1. The summed E-state index contributed by atoms with van der Waals surface area (Å²) in [5.74, 6) is 0.316. The lowest BCUT2D eigenvalue weighted by Crippen LogP contribution is -2.01. The summed E-state index contributed by atoms with van der Waals surface area (Å²) < 4.78 is 0. The van der Waals surface area contributed by atoms with E-state index in [-0.39, 0.29) is 6.61 Å². The van der Waals surface area contributed by atoms with Crippen LogP contribution in [0.3, 0.4) is 0 Å². The van der Waals surface area contributed by atoms with Crippen LogP contribution in [0.25, 0.3) is 0 Å². The van der Waals surface area contributed by atoms with E-state index in [0.29, 0.717) is 5.92 Å². The molecule has 0 radical (unpaired) electrons. The molecule has 17 heavy (non-hydrogen) atoms. The molecule has 0 aliphatic rings. The minimum absolute atomic E-state index is 0.240. The van der Waals surface area contributed by atoms with Crippen molar-refractivity contribution < 1.29 is 5.11 Å². The molecule has 1 aromatic rings. The molecule has 0 heterocycles. The summed E-state index contributed by atoms with van der Waals surface area (Å²) in [6, 6.07) is 10.5. The molecule has 0 amide bonds. The Hall–Kier alpha value is -1.34. The van der Waals surface area contributed by atoms with Crippen molar-refractivity contribution in [1.29, 1.82) is 0 Å². The quantitative estimate of drug-likeness (QED) is 0.707. The Balaban J connectivity index is 2.43. The second-order valence-electron chi connectivity index (χ2n) is 4.50. The van der Waals surface area contributed by atoms with Crippen LogP contribution in [-0.2, 0) is 6.42 Å². The van der Waals surface area contributed by atoms with Crippen molar-refractivity contribution in [1.82, 2.24) is 0 Å². The van der Waals surface area contributed by atoms with Crippen molar-refractivity contribution in [2.75, 3.05) is 6.61 Å². The van der Waals surface area contributed by atoms with Gasteiger partial charge in [-0.15, -0.1) is 0 Å². The zero-order valence-electron chi connectivity index (χ0n) is 10.6. The highest BCUT2D eigenvalue weighted by Crippen LogP contribution is 2.13. The molecule has 0 fully saturated rings. The van der Waals surface area contributed by atoms with E-state index < -0.39 is 0 Å². The van der Waals surface area contributed by atoms with Crippen LogP contribution in [0.2, 0.25) is 0 Å². The first kappa shape index (κ1) is 13.7. The first-order valence-electron chi connectivity index (χ1n) is 6.22. The molecule has 0 bridgehead atoms. The summed E-state index contributed by atoms with van der Waals surface area (Å²) in [7, 11) is 0. The standard InChI is InChI=1S/C16H22O/c1-3-15(12-14(2)13-17)10-7-11-16-8-5-4-6-9-16/h3-6,8-10,14,17H,1,7,11-13H2,2H3/t14-/m0/s1. The number of aryl methyl sites for hydroxylation is 1. The van der Waals surface area contributed by atoms with Crippen LogP contribution in [-0.4, -0.2) is 11.7 Å². The highest BCUT2D eigenvalue weighted by molar-refractivity contribution is 5.19. The fraction of sp³-hybridized carbons (Fsp3) is 0.375. The van der Waals surface area contributed by atoms with Crippen molar-refractivity contribution in [3.8, 4) is 0 Å². The van der Waals surface area contributed by atoms with E-state index in [1.54, 1.807) is 0 Å². The highest BCUT2D eigenvalue weighted by Gasteiger charge is 2.01. The van der Waals surface area contributed by atoms with Gasteiger partial charge in [-0.05, 0) is 30.7 Å². The summed E-state index contributed by atoms with van der Waals surface area (Å²) in [6.45, 7) is 6.11. The minimum Gasteiger partial charge on any atom is -0.396 e. The van der Waals surface area contributed by atoms with Gasteiger partial charge in [-0.1, -0.05) is 61.6 Å². The van der Waals surface area contributed by atoms with Gasteiger partial charge < -0.3 is 5.11 Å². The maximum absolute atomic E-state index is 9.02. The fourth-order valence-corrected chi connectivity index (χ4v) is 1.79. The lowest BCUT2D eigenvalue weighted by Gasteiger charge is -2.08. The van der Waals surface area contributed by atoms with Crippen LogP contribution in [0.15, 0.2) is 54.6 Å². The Labute approximate surface area is 104 Å². The second kappa shape index (κ2) is 7.86. The molecule has 0 saturated heterocycles. The molecular formula is C16H22O. The molecule has 1 heteroatoms. The van der Waals surface area contributed by atoms with Crippen LogP contribution in [0, 0.1) is 5.92 Å². The van der Waals surface area contributed by atoms with Gasteiger partial charge >= 0.3 is 0 Å². The Morgan fingerprint density at radius 3 is 2.65 bits per heavy atom. The van der Waals surface area contributed by atoms with E-state index in [1.807, 2.05) is 12.1 Å². The molecule has 1 atom stereocenters. The zero-order chi connectivity index (χ0) is 12.5. The van der Waals surface area contributed by atoms with Gasteiger partial charge in [-0.25, -0.2) is 0 Å². The topological polar surface area (TPSA) is 20.2 Å². The van der Waals surface area contributed by atoms with Gasteiger partial charge in [0.25, 0.3) is 0 Å². The summed E-state index contributed by atoms with van der Waals surface area (Å²) in [5.41, 5.74) is 2.60. The molecule has 1 nitrogen and oxygen atoms in total. The summed E-state index contributed by atoms with van der Waals surface area (Å²) >= 11 is 0. The molecule has 0 unspecified atom stereocenters. The van der Waals surface area contributed by atoms with Crippen LogP contribution in [0.5, 0.6) is 0 Å². The molecule has 1 N–H and O–H groups in total. The zero-order valence-corrected chi connectivity index (χ0v) is 10.6. The number of rotatable bonds is 7. The predicted molar refractivity (Wildman–Crippen MR) is 73.9 cm³/mol. The summed E-state index contributed by atoms with van der Waals surface area (Å²) in [4.78, 5) is 0. The predicted octanol–water partition coefficient (Wildman–Crippen LogP) is 3.75. The monoisotopic (exact) mass is 230 g/mol. The van der Waals surface area contributed by atoms with E-state index in [1.165, 1.54) is 11.1 Å². The molecule has 0 aliphatic heterocycles. The Morgan fingerprint density at radius 1 is 1.35 bits per heavy atom. The molecule has 0 spiro atoms. The van der Waals surface area contributed by atoms with E-state index >= 15 is 0 Å². The lowest BCUT2D eigenvalue weighted by atomic mass is 10.00. The van der Waals surface area contributed by atoms with Crippen molar-refractivity contribution in [3.05, 3.63) is 60.2 Å². The highest BCUT2D eigenvalue weighted by atomic mass is 16.3. The average Bonchev–Trinajstić information content (AvgIpc) is 2.38. The SMILES string of the molecule is C=CC(=CCCc1ccccc1)C[C@H](C)CO. The van der Waals surface area contributed by atoms with Gasteiger partial charge in [0.2, 0.25) is 0 Å². The van der Waals surface area contributed by atoms with Crippen molar-refractivity contribution in [3.63, 3.8) is 0 Å². The normalized spacial score (nSPS) is 13.4. The number of hydrogen-bond donors (Lipinski definition) is 1. The summed E-state index contributed by atoms with van der Waals surface area (Å²) in [5, 5.41) is 9.02. The van der Waals surface area contributed by atoms with Crippen molar-refractivity contribution in [2.24, 2.45) is 5.92 Å². The average molecular weight is 230 g/mol. The first-order valence-corrected chi connectivity index (χ1v) is 6.22. The summed E-state index contributed by atoms with van der Waals surface area (Å²) in [6.07, 6.45) is 7.13. The third-order valence-corrected chi connectivity index (χ3v) is 2.84. The lowest BCUT2D eigenvalue weighted by molar-refractivity contribution is 0.237. The van der Waals surface area contributed by atoms with E-state index in [4.69, 9.17) is 5.11 Å². The smallest absolute Gasteiger partial charge is 0.0459 e. The first-order chi connectivity index (χ1) is 8.26. The van der Waals surface area contributed by atoms with Crippen LogP contribution >= 0.6 is 0 Å². The van der Waals surface area contributed by atoms with Gasteiger partial charge in [-0.2, -0.15) is 0 Å². The van der Waals surface area contributed by atoms with E-state index in [2.05, 4.69) is 43.8 Å². The Kier molecular flexibility index (Phi) is 6.34. The number of hydrogen-bond acceptors (Lipinski definition) is 1. The molecule has 0 saturated carbocycles. The molecular weight excluding hydrogens is 208 g/mol. The maximum Gasteiger partial charge on any atom is 0.0459 e. The molecule has 0 aliphatic carbocycles. The van der Waals surface area contributed by atoms with Crippen LogP contribution in [0.1, 0.15) is 25.3 Å². The third kappa shape index (κ3) is 5.50. The van der Waals surface area contributed by atoms with E-state index in [0.717, 1.165) is 19.3 Å². The number of aliphatic hydroxyl groups is 1. The minimum atomic E-state index is 0.240. The van der Waals surface area contributed by atoms with E-state index in [9.17, 15) is 0 Å². The second-order valence-corrected chi connectivity index (χ2v) is 4.50. The number of allylic oxidation sites excluding steroid dienone is 3. The fourth-order valence-electron chi connectivity index (χ4n) is 1.79. The van der Waals surface area contributed by atoms with Crippen molar-refractivity contribution in [2.45, 2.75) is 26.2 Å². The van der Waals surface area contributed by atoms with Gasteiger partial charge in [0.05, 0.1) is 0 Å². The maximum atomic E-state index is 9.02.